The molecule has 0 N–H and O–H groups in total. The third-order valence-electron chi connectivity index (χ3n) is 4.27. The number of amides is 1. The number of methoxy groups -OCH3 is 1. The minimum Gasteiger partial charge on any atom is -0.469 e. The highest BCUT2D eigenvalue weighted by molar-refractivity contribution is 7.92. The molecule has 8 heteroatoms. The van der Waals surface area contributed by atoms with Crippen molar-refractivity contribution in [2.45, 2.75) is 12.8 Å². The Morgan fingerprint density at radius 2 is 1.88 bits per heavy atom. The Morgan fingerprint density at radius 1 is 1.25 bits per heavy atom. The maximum absolute atomic E-state index is 12.6. The van der Waals surface area contributed by atoms with Crippen molar-refractivity contribution in [3.63, 3.8) is 0 Å². The molecule has 0 aliphatic carbocycles. The van der Waals surface area contributed by atoms with Crippen molar-refractivity contribution in [1.82, 2.24) is 4.90 Å². The molecular weight excluding hydrogens is 332 g/mol. The topological polar surface area (TPSA) is 84.0 Å². The van der Waals surface area contributed by atoms with Crippen LogP contribution in [0.5, 0.6) is 0 Å². The van der Waals surface area contributed by atoms with Crippen LogP contribution in [0.25, 0.3) is 0 Å². The monoisotopic (exact) mass is 354 g/mol. The summed E-state index contributed by atoms with van der Waals surface area (Å²) < 4.78 is 29.1. The zero-order valence-electron chi connectivity index (χ0n) is 14.1. The molecule has 0 aromatic heterocycles. The summed E-state index contributed by atoms with van der Waals surface area (Å²) in [7, 11) is -0.576. The fourth-order valence-electron chi connectivity index (χ4n) is 2.69. The zero-order valence-corrected chi connectivity index (χ0v) is 14.9. The number of esters is 1. The largest absolute Gasteiger partial charge is 0.469 e. The molecule has 1 amide bonds. The van der Waals surface area contributed by atoms with Gasteiger partial charge in [-0.25, -0.2) is 8.42 Å². The molecule has 132 valence electrons. The van der Waals surface area contributed by atoms with Gasteiger partial charge in [-0.1, -0.05) is 6.07 Å². The molecule has 1 aliphatic rings. The first-order valence-corrected chi connectivity index (χ1v) is 9.50. The van der Waals surface area contributed by atoms with Crippen LogP contribution in [0.15, 0.2) is 24.3 Å². The molecule has 0 atom stereocenters. The predicted molar refractivity (Wildman–Crippen MR) is 90.3 cm³/mol. The first-order chi connectivity index (χ1) is 11.2. The lowest BCUT2D eigenvalue weighted by molar-refractivity contribution is -0.146. The highest BCUT2D eigenvalue weighted by Gasteiger charge is 2.28. The van der Waals surface area contributed by atoms with Crippen LogP contribution in [0, 0.1) is 5.92 Å². The van der Waals surface area contributed by atoms with Gasteiger partial charge in [-0.05, 0) is 31.0 Å². The molecule has 0 unspecified atom stereocenters. The summed E-state index contributed by atoms with van der Waals surface area (Å²) in [5.41, 5.74) is 0.868. The van der Waals surface area contributed by atoms with Crippen molar-refractivity contribution in [2.24, 2.45) is 5.92 Å². The van der Waals surface area contributed by atoms with Gasteiger partial charge in [0.25, 0.3) is 5.91 Å². The van der Waals surface area contributed by atoms with Gasteiger partial charge in [0.2, 0.25) is 10.0 Å². The lowest BCUT2D eigenvalue weighted by Gasteiger charge is -2.31. The standard InChI is InChI=1S/C16H22N2O5S/c1-17(24(3,21)22)14-6-4-5-13(11-14)15(19)18-9-7-12(8-10-18)16(20)23-2/h4-6,11-12H,7-10H2,1-3H3. The van der Waals surface area contributed by atoms with E-state index in [1.54, 1.807) is 29.2 Å². The van der Waals surface area contributed by atoms with E-state index < -0.39 is 10.0 Å². The smallest absolute Gasteiger partial charge is 0.308 e. The summed E-state index contributed by atoms with van der Waals surface area (Å²) in [6.07, 6.45) is 2.25. The van der Waals surface area contributed by atoms with Crippen LogP contribution in [0.3, 0.4) is 0 Å². The Balaban J connectivity index is 2.10. The number of benzene rings is 1. The third kappa shape index (κ3) is 4.05. The number of carbonyl (C=O) groups is 2. The first kappa shape index (κ1) is 18.3. The zero-order chi connectivity index (χ0) is 17.9. The Morgan fingerprint density at radius 3 is 2.42 bits per heavy atom. The van der Waals surface area contributed by atoms with E-state index >= 15 is 0 Å². The first-order valence-electron chi connectivity index (χ1n) is 7.65. The quantitative estimate of drug-likeness (QED) is 0.756. The summed E-state index contributed by atoms with van der Waals surface area (Å²) in [6.45, 7) is 0.954. The van der Waals surface area contributed by atoms with E-state index in [9.17, 15) is 18.0 Å². The maximum Gasteiger partial charge on any atom is 0.308 e. The molecular formula is C16H22N2O5S. The van der Waals surface area contributed by atoms with Crippen molar-refractivity contribution in [3.8, 4) is 0 Å². The van der Waals surface area contributed by atoms with Gasteiger partial charge in [0.15, 0.2) is 0 Å². The van der Waals surface area contributed by atoms with Crippen LogP contribution in [0.1, 0.15) is 23.2 Å². The lowest BCUT2D eigenvalue weighted by Crippen LogP contribution is -2.40. The minimum absolute atomic E-state index is 0.165. The fraction of sp³-hybridized carbons (Fsp3) is 0.500. The second-order valence-corrected chi connectivity index (χ2v) is 7.88. The van der Waals surface area contributed by atoms with Crippen molar-refractivity contribution in [2.75, 3.05) is 37.8 Å². The van der Waals surface area contributed by atoms with Crippen molar-refractivity contribution < 1.29 is 22.7 Å². The Kier molecular flexibility index (Phi) is 5.48. The maximum atomic E-state index is 12.6. The van der Waals surface area contributed by atoms with E-state index in [0.29, 0.717) is 37.2 Å². The van der Waals surface area contributed by atoms with Gasteiger partial charge in [0.1, 0.15) is 0 Å². The number of rotatable bonds is 4. The van der Waals surface area contributed by atoms with E-state index in [2.05, 4.69) is 0 Å². The lowest BCUT2D eigenvalue weighted by atomic mass is 9.96. The van der Waals surface area contributed by atoms with Crippen molar-refractivity contribution in [3.05, 3.63) is 29.8 Å². The number of hydrogen-bond donors (Lipinski definition) is 0. The molecule has 0 radical (unpaired) electrons. The summed E-state index contributed by atoms with van der Waals surface area (Å²) in [6, 6.07) is 6.52. The normalized spacial score (nSPS) is 15.9. The molecule has 2 rings (SSSR count). The van der Waals surface area contributed by atoms with Crippen LogP contribution in [-0.4, -0.2) is 58.7 Å². The van der Waals surface area contributed by atoms with Gasteiger partial charge in [-0.3, -0.25) is 13.9 Å². The molecule has 0 bridgehead atoms. The van der Waals surface area contributed by atoms with Crippen LogP contribution in [0.2, 0.25) is 0 Å². The predicted octanol–water partition coefficient (Wildman–Crippen LogP) is 1.11. The highest BCUT2D eigenvalue weighted by Crippen LogP contribution is 2.22. The van der Waals surface area contributed by atoms with E-state index in [1.165, 1.54) is 14.2 Å². The number of likely N-dealkylation sites (tertiary alicyclic amines) is 1. The number of sulfonamides is 1. The van der Waals surface area contributed by atoms with E-state index in [4.69, 9.17) is 4.74 Å². The number of anilines is 1. The highest BCUT2D eigenvalue weighted by atomic mass is 32.2. The van der Waals surface area contributed by atoms with Crippen LogP contribution < -0.4 is 4.31 Å². The average molecular weight is 354 g/mol. The fourth-order valence-corrected chi connectivity index (χ4v) is 3.19. The second-order valence-electron chi connectivity index (χ2n) is 5.87. The number of hydrogen-bond acceptors (Lipinski definition) is 5. The van der Waals surface area contributed by atoms with Gasteiger partial charge in [0.05, 0.1) is 25.0 Å². The molecule has 24 heavy (non-hydrogen) atoms. The molecule has 1 heterocycles. The molecule has 0 spiro atoms. The second kappa shape index (κ2) is 7.21. The molecule has 7 nitrogen and oxygen atoms in total. The van der Waals surface area contributed by atoms with Crippen LogP contribution >= 0.6 is 0 Å². The summed E-state index contributed by atoms with van der Waals surface area (Å²) in [5.74, 6) is -0.567. The number of piperidine rings is 1. The Labute approximate surface area is 142 Å². The van der Waals surface area contributed by atoms with Gasteiger partial charge >= 0.3 is 5.97 Å². The van der Waals surface area contributed by atoms with Crippen LogP contribution in [0.4, 0.5) is 5.69 Å². The average Bonchev–Trinajstić information content (AvgIpc) is 2.59. The van der Waals surface area contributed by atoms with E-state index in [0.717, 1.165) is 10.6 Å². The van der Waals surface area contributed by atoms with Gasteiger partial charge < -0.3 is 9.64 Å². The summed E-state index contributed by atoms with van der Waals surface area (Å²) >= 11 is 0. The van der Waals surface area contributed by atoms with Gasteiger partial charge in [-0.2, -0.15) is 0 Å². The number of nitrogens with zero attached hydrogens (tertiary/aromatic N) is 2. The van der Waals surface area contributed by atoms with E-state index in [-0.39, 0.29) is 17.8 Å². The van der Waals surface area contributed by atoms with Crippen molar-refractivity contribution in [1.29, 1.82) is 0 Å². The molecule has 0 saturated carbocycles. The van der Waals surface area contributed by atoms with Crippen molar-refractivity contribution >= 4 is 27.6 Å². The molecule has 1 aliphatic heterocycles. The molecule has 1 fully saturated rings. The number of ether oxygens (including phenoxy) is 1. The van der Waals surface area contributed by atoms with Crippen LogP contribution in [-0.2, 0) is 19.6 Å². The molecule has 1 aromatic rings. The molecule has 1 aromatic carbocycles. The third-order valence-corrected chi connectivity index (χ3v) is 5.48. The van der Waals surface area contributed by atoms with Gasteiger partial charge in [0, 0.05) is 25.7 Å². The minimum atomic E-state index is -3.39. The van der Waals surface area contributed by atoms with E-state index in [1.807, 2.05) is 0 Å². The Bertz CT molecular complexity index is 724. The number of carbonyl (C=O) groups excluding carboxylic acids is 2. The van der Waals surface area contributed by atoms with Gasteiger partial charge in [-0.15, -0.1) is 0 Å². The molecule has 1 saturated heterocycles. The Hall–Kier alpha value is -2.09. The summed E-state index contributed by atoms with van der Waals surface area (Å²) in [5, 5.41) is 0. The SMILES string of the molecule is COC(=O)C1CCN(C(=O)c2cccc(N(C)S(C)(=O)=O)c2)CC1. The summed E-state index contributed by atoms with van der Waals surface area (Å²) in [4.78, 5) is 25.8.